The molecule has 0 fully saturated rings. The number of nitrogens with one attached hydrogen (secondary N) is 1. The number of benzene rings is 3. The molecular weight excluding hydrogens is 558 g/mol. The minimum absolute atomic E-state index is 0.0548. The van der Waals surface area contributed by atoms with Crippen LogP contribution in [0.5, 0.6) is 0 Å². The number of nitrogens with zero attached hydrogens (tertiary/aromatic N) is 1. The molecule has 0 spiro atoms. The summed E-state index contributed by atoms with van der Waals surface area (Å²) in [4.78, 5) is 11.8. The lowest BCUT2D eigenvalue weighted by Gasteiger charge is -2.30. The highest BCUT2D eigenvalue weighted by Crippen LogP contribution is 2.38. The molecule has 13 heteroatoms. The number of rotatable bonds is 5. The van der Waals surface area contributed by atoms with Gasteiger partial charge in [0.25, 0.3) is 0 Å². The largest absolute Gasteiger partial charge is 0.417 e. The van der Waals surface area contributed by atoms with Crippen LogP contribution in [0.3, 0.4) is 0 Å². The fourth-order valence-electron chi connectivity index (χ4n) is 4.19. The van der Waals surface area contributed by atoms with Crippen molar-refractivity contribution in [2.45, 2.75) is 36.6 Å². The van der Waals surface area contributed by atoms with Gasteiger partial charge in [0.1, 0.15) is 0 Å². The average molecular weight is 577 g/mol. The number of halogens is 7. The van der Waals surface area contributed by atoms with Gasteiger partial charge in [0.2, 0.25) is 15.9 Å². The van der Waals surface area contributed by atoms with Gasteiger partial charge in [-0.15, -0.1) is 0 Å². The molecule has 1 aliphatic rings. The molecule has 0 unspecified atom stereocenters. The van der Waals surface area contributed by atoms with Crippen molar-refractivity contribution in [2.75, 3.05) is 11.9 Å². The molecule has 0 saturated heterocycles. The molecule has 0 saturated carbocycles. The predicted octanol–water partition coefficient (Wildman–Crippen LogP) is 6.31. The third-order valence-electron chi connectivity index (χ3n) is 6.04. The lowest BCUT2D eigenvalue weighted by molar-refractivity contribution is -0.140. The quantitative estimate of drug-likeness (QED) is 0.362. The summed E-state index contributed by atoms with van der Waals surface area (Å²) >= 11 is 6.28. The standard InChI is InChI=1S/C25H19ClF6N2O3S/c26-20-10-7-16-14-34(38(36,37)21-4-2-1-3-19(21)25(30,31)32)12-11-18(16)23(20)33-22(35)13-15-5-8-17(9-6-15)24(27,28)29/h1-10H,11-14H2,(H,33,35). The van der Waals surface area contributed by atoms with Crippen molar-refractivity contribution in [3.8, 4) is 0 Å². The van der Waals surface area contributed by atoms with Crippen LogP contribution in [0, 0.1) is 0 Å². The predicted molar refractivity (Wildman–Crippen MR) is 128 cm³/mol. The second-order valence-electron chi connectivity index (χ2n) is 8.56. The van der Waals surface area contributed by atoms with Crippen LogP contribution in [0.1, 0.15) is 27.8 Å². The normalized spacial score (nSPS) is 14.7. The number of anilines is 1. The van der Waals surface area contributed by atoms with Crippen LogP contribution in [-0.2, 0) is 46.6 Å². The van der Waals surface area contributed by atoms with E-state index in [2.05, 4.69) is 5.32 Å². The minimum Gasteiger partial charge on any atom is -0.324 e. The Kier molecular flexibility index (Phi) is 7.52. The highest BCUT2D eigenvalue weighted by atomic mass is 35.5. The summed E-state index contributed by atoms with van der Waals surface area (Å²) in [5.74, 6) is -0.561. The summed E-state index contributed by atoms with van der Waals surface area (Å²) in [6.07, 6.45) is -9.56. The van der Waals surface area contributed by atoms with Crippen molar-refractivity contribution in [3.63, 3.8) is 0 Å². The van der Waals surface area contributed by atoms with E-state index in [0.717, 1.165) is 28.6 Å². The highest BCUT2D eigenvalue weighted by molar-refractivity contribution is 7.89. The first-order valence-electron chi connectivity index (χ1n) is 11.1. The summed E-state index contributed by atoms with van der Waals surface area (Å²) in [7, 11) is -4.51. The van der Waals surface area contributed by atoms with Gasteiger partial charge in [0.05, 0.1) is 33.2 Å². The van der Waals surface area contributed by atoms with Crippen LogP contribution in [0.4, 0.5) is 32.0 Å². The van der Waals surface area contributed by atoms with Crippen LogP contribution >= 0.6 is 11.6 Å². The van der Waals surface area contributed by atoms with Crippen molar-refractivity contribution < 1.29 is 39.6 Å². The van der Waals surface area contributed by atoms with Gasteiger partial charge in [-0.1, -0.05) is 41.9 Å². The smallest absolute Gasteiger partial charge is 0.324 e. The first-order valence-corrected chi connectivity index (χ1v) is 12.9. The molecule has 5 nitrogen and oxygen atoms in total. The zero-order valence-corrected chi connectivity index (χ0v) is 20.9. The number of hydrogen-bond acceptors (Lipinski definition) is 3. The molecule has 202 valence electrons. The van der Waals surface area contributed by atoms with Crippen LogP contribution in [0.2, 0.25) is 5.02 Å². The van der Waals surface area contributed by atoms with Gasteiger partial charge >= 0.3 is 12.4 Å². The van der Waals surface area contributed by atoms with E-state index in [0.29, 0.717) is 22.8 Å². The summed E-state index contributed by atoms with van der Waals surface area (Å²) < 4.78 is 106. The maximum atomic E-state index is 13.4. The Labute approximate surface area is 219 Å². The Morgan fingerprint density at radius 3 is 2.21 bits per heavy atom. The second-order valence-corrected chi connectivity index (χ2v) is 10.9. The van der Waals surface area contributed by atoms with E-state index in [1.807, 2.05) is 0 Å². The van der Waals surface area contributed by atoms with E-state index >= 15 is 0 Å². The van der Waals surface area contributed by atoms with E-state index in [-0.39, 0.29) is 36.6 Å². The van der Waals surface area contributed by atoms with E-state index in [1.165, 1.54) is 30.3 Å². The monoisotopic (exact) mass is 576 g/mol. The molecule has 3 aromatic carbocycles. The van der Waals surface area contributed by atoms with Gasteiger partial charge in [0.15, 0.2) is 0 Å². The molecule has 1 aliphatic heterocycles. The van der Waals surface area contributed by atoms with Crippen LogP contribution in [-0.4, -0.2) is 25.2 Å². The Morgan fingerprint density at radius 2 is 1.58 bits per heavy atom. The zero-order chi connectivity index (χ0) is 27.9. The molecule has 3 aromatic rings. The molecule has 0 atom stereocenters. The SMILES string of the molecule is O=C(Cc1ccc(C(F)(F)F)cc1)Nc1c(Cl)ccc2c1CCN(S(=O)(=O)c1ccccc1C(F)(F)F)C2. The Balaban J connectivity index is 1.55. The maximum absolute atomic E-state index is 13.4. The Bertz CT molecular complexity index is 1470. The maximum Gasteiger partial charge on any atom is 0.417 e. The van der Waals surface area contributed by atoms with E-state index in [4.69, 9.17) is 11.6 Å². The highest BCUT2D eigenvalue weighted by Gasteiger charge is 2.40. The van der Waals surface area contributed by atoms with Crippen molar-refractivity contribution >= 4 is 33.2 Å². The van der Waals surface area contributed by atoms with E-state index in [9.17, 15) is 39.6 Å². The van der Waals surface area contributed by atoms with Crippen LogP contribution in [0.25, 0.3) is 0 Å². The lowest BCUT2D eigenvalue weighted by atomic mass is 9.98. The molecule has 0 bridgehead atoms. The molecule has 1 heterocycles. The van der Waals surface area contributed by atoms with Gasteiger partial charge in [-0.3, -0.25) is 4.79 Å². The van der Waals surface area contributed by atoms with Crippen molar-refractivity contribution in [3.05, 3.63) is 93.5 Å². The number of carbonyl (C=O) groups excluding carboxylic acids is 1. The third-order valence-corrected chi connectivity index (χ3v) is 8.26. The molecule has 1 N–H and O–H groups in total. The van der Waals surface area contributed by atoms with Crippen LogP contribution < -0.4 is 5.32 Å². The van der Waals surface area contributed by atoms with Crippen molar-refractivity contribution in [1.82, 2.24) is 4.31 Å². The number of alkyl halides is 6. The molecule has 0 aromatic heterocycles. The first kappa shape index (κ1) is 27.9. The van der Waals surface area contributed by atoms with Crippen LogP contribution in [0.15, 0.2) is 65.6 Å². The van der Waals surface area contributed by atoms with Gasteiger partial charge in [0, 0.05) is 13.1 Å². The minimum atomic E-state index is -4.87. The molecule has 1 amide bonds. The molecule has 4 rings (SSSR count). The molecular formula is C25H19ClF6N2O3S. The van der Waals surface area contributed by atoms with Crippen molar-refractivity contribution in [1.29, 1.82) is 0 Å². The summed E-state index contributed by atoms with van der Waals surface area (Å²) in [5.41, 5.74) is -0.601. The second kappa shape index (κ2) is 10.2. The number of amides is 1. The first-order chi connectivity index (χ1) is 17.7. The van der Waals surface area contributed by atoms with E-state index < -0.39 is 44.3 Å². The van der Waals surface area contributed by atoms with Gasteiger partial charge in [-0.25, -0.2) is 8.42 Å². The zero-order valence-electron chi connectivity index (χ0n) is 19.3. The topological polar surface area (TPSA) is 66.5 Å². The fourth-order valence-corrected chi connectivity index (χ4v) is 6.04. The Hall–Kier alpha value is -3.09. The lowest BCUT2D eigenvalue weighted by Crippen LogP contribution is -2.37. The molecule has 0 radical (unpaired) electrons. The number of sulfonamides is 1. The van der Waals surface area contributed by atoms with Gasteiger partial charge in [-0.05, 0) is 53.4 Å². The fraction of sp³-hybridized carbons (Fsp3) is 0.240. The van der Waals surface area contributed by atoms with Crippen molar-refractivity contribution in [2.24, 2.45) is 0 Å². The molecule has 0 aliphatic carbocycles. The number of hydrogen-bond donors (Lipinski definition) is 1. The summed E-state index contributed by atoms with van der Waals surface area (Å²) in [5, 5.41) is 2.79. The number of carbonyl (C=O) groups is 1. The molecule has 38 heavy (non-hydrogen) atoms. The average Bonchev–Trinajstić information content (AvgIpc) is 2.84. The van der Waals surface area contributed by atoms with Gasteiger partial charge < -0.3 is 5.32 Å². The van der Waals surface area contributed by atoms with E-state index in [1.54, 1.807) is 0 Å². The third kappa shape index (κ3) is 5.82. The van der Waals surface area contributed by atoms with Gasteiger partial charge in [-0.2, -0.15) is 30.6 Å². The Morgan fingerprint density at radius 1 is 0.921 bits per heavy atom. The summed E-state index contributed by atoms with van der Waals surface area (Å²) in [6.45, 7) is -0.410. The summed E-state index contributed by atoms with van der Waals surface area (Å²) in [6, 6.07) is 11.0. The number of fused-ring (bicyclic) bond motifs is 1.